The molecule has 164 valence electrons. The standard InChI is InChI=1S/C23H27N3O3S2/c1-13-14(2)31-22-20(13)21(27)24-19(25-22)12-30-15(3)23(28)26-11-5-6-18(26)16-7-9-17(29-4)10-8-16/h7-10,15,18H,5-6,11-12H2,1-4H3,(H,24,25,27). The second-order valence-corrected chi connectivity index (χ2v) is 10.4. The van der Waals surface area contributed by atoms with Crippen molar-refractivity contribution in [3.05, 3.63) is 56.4 Å². The fourth-order valence-electron chi connectivity index (χ4n) is 4.08. The van der Waals surface area contributed by atoms with Crippen LogP contribution in [0.4, 0.5) is 0 Å². The van der Waals surface area contributed by atoms with Crippen LogP contribution in [0.3, 0.4) is 0 Å². The van der Waals surface area contributed by atoms with Crippen LogP contribution >= 0.6 is 23.1 Å². The Labute approximate surface area is 190 Å². The number of benzene rings is 1. The number of thiophene rings is 1. The average molecular weight is 458 g/mol. The third-order valence-electron chi connectivity index (χ3n) is 5.94. The summed E-state index contributed by atoms with van der Waals surface area (Å²) in [5.41, 5.74) is 2.04. The molecule has 1 fully saturated rings. The number of fused-ring (bicyclic) bond motifs is 1. The predicted molar refractivity (Wildman–Crippen MR) is 127 cm³/mol. The molecule has 0 aliphatic carbocycles. The summed E-state index contributed by atoms with van der Waals surface area (Å²) in [5.74, 6) is 2.07. The maximum Gasteiger partial charge on any atom is 0.259 e. The van der Waals surface area contributed by atoms with E-state index in [0.717, 1.165) is 46.0 Å². The summed E-state index contributed by atoms with van der Waals surface area (Å²) in [5, 5.41) is 0.464. The van der Waals surface area contributed by atoms with Crippen molar-refractivity contribution in [3.63, 3.8) is 0 Å². The largest absolute Gasteiger partial charge is 0.497 e. The molecule has 3 aromatic rings. The number of H-pyrrole nitrogens is 1. The van der Waals surface area contributed by atoms with Crippen molar-refractivity contribution in [1.29, 1.82) is 0 Å². The molecule has 1 N–H and O–H groups in total. The molecule has 2 atom stereocenters. The Kier molecular flexibility index (Phi) is 6.39. The first-order chi connectivity index (χ1) is 14.9. The zero-order valence-corrected chi connectivity index (χ0v) is 19.9. The SMILES string of the molecule is COc1ccc(C2CCCN2C(=O)C(C)SCc2nc3sc(C)c(C)c3c(=O)[nH]2)cc1. The van der Waals surface area contributed by atoms with Gasteiger partial charge in [-0.15, -0.1) is 23.1 Å². The van der Waals surface area contributed by atoms with Crippen LogP contribution < -0.4 is 10.3 Å². The molecule has 1 aromatic carbocycles. The van der Waals surface area contributed by atoms with Gasteiger partial charge in [-0.25, -0.2) is 4.98 Å². The first-order valence-corrected chi connectivity index (χ1v) is 12.3. The van der Waals surface area contributed by atoms with Gasteiger partial charge in [0.05, 0.1) is 29.5 Å². The van der Waals surface area contributed by atoms with Crippen molar-refractivity contribution in [2.45, 2.75) is 50.7 Å². The Bertz CT molecular complexity index is 1150. The Morgan fingerprint density at radius 3 is 2.81 bits per heavy atom. The molecule has 2 aromatic heterocycles. The lowest BCUT2D eigenvalue weighted by Gasteiger charge is -2.27. The van der Waals surface area contributed by atoms with Gasteiger partial charge in [-0.2, -0.15) is 0 Å². The molecule has 3 heterocycles. The van der Waals surface area contributed by atoms with Crippen LogP contribution in [0.25, 0.3) is 10.2 Å². The van der Waals surface area contributed by atoms with Gasteiger partial charge < -0.3 is 14.6 Å². The monoisotopic (exact) mass is 457 g/mol. The van der Waals surface area contributed by atoms with Crippen LogP contribution in [0.15, 0.2) is 29.1 Å². The number of hydrogen-bond donors (Lipinski definition) is 1. The topological polar surface area (TPSA) is 75.3 Å². The van der Waals surface area contributed by atoms with Crippen molar-refractivity contribution >= 4 is 39.2 Å². The van der Waals surface area contributed by atoms with E-state index in [1.54, 1.807) is 18.4 Å². The molecule has 0 spiro atoms. The third-order valence-corrected chi connectivity index (χ3v) is 8.19. The number of amides is 1. The molecule has 4 rings (SSSR count). The summed E-state index contributed by atoms with van der Waals surface area (Å²) >= 11 is 3.06. The number of rotatable bonds is 6. The van der Waals surface area contributed by atoms with Gasteiger partial charge in [0.2, 0.25) is 5.91 Å². The van der Waals surface area contributed by atoms with Gasteiger partial charge in [0.1, 0.15) is 16.4 Å². The van der Waals surface area contributed by atoms with E-state index in [4.69, 9.17) is 4.74 Å². The van der Waals surface area contributed by atoms with Crippen molar-refractivity contribution in [1.82, 2.24) is 14.9 Å². The minimum atomic E-state index is -0.216. The summed E-state index contributed by atoms with van der Waals surface area (Å²) < 4.78 is 5.25. The maximum absolute atomic E-state index is 13.2. The number of aryl methyl sites for hydroxylation is 2. The van der Waals surface area contributed by atoms with Crippen LogP contribution in [0.5, 0.6) is 5.75 Å². The number of aromatic nitrogens is 2. The minimum absolute atomic E-state index is 0.0967. The number of carbonyl (C=O) groups is 1. The van der Waals surface area contributed by atoms with Gasteiger partial charge in [0, 0.05) is 11.4 Å². The summed E-state index contributed by atoms with van der Waals surface area (Å²) in [4.78, 5) is 37.1. The van der Waals surface area contributed by atoms with E-state index < -0.39 is 0 Å². The van der Waals surface area contributed by atoms with E-state index in [1.165, 1.54) is 11.8 Å². The lowest BCUT2D eigenvalue weighted by Crippen LogP contribution is -2.36. The molecule has 2 unspecified atom stereocenters. The smallest absolute Gasteiger partial charge is 0.259 e. The van der Waals surface area contributed by atoms with Crippen molar-refractivity contribution in [3.8, 4) is 5.75 Å². The fourth-order valence-corrected chi connectivity index (χ4v) is 5.95. The van der Waals surface area contributed by atoms with Gasteiger partial charge >= 0.3 is 0 Å². The molecule has 1 aliphatic heterocycles. The van der Waals surface area contributed by atoms with Crippen LogP contribution in [0, 0.1) is 13.8 Å². The lowest BCUT2D eigenvalue weighted by atomic mass is 10.0. The molecular formula is C23H27N3O3S2. The van der Waals surface area contributed by atoms with Gasteiger partial charge in [-0.05, 0) is 56.9 Å². The highest BCUT2D eigenvalue weighted by Crippen LogP contribution is 2.35. The number of nitrogens with zero attached hydrogens (tertiary/aromatic N) is 2. The highest BCUT2D eigenvalue weighted by molar-refractivity contribution is 7.99. The molecule has 6 nitrogen and oxygen atoms in total. The normalized spacial score (nSPS) is 17.3. The number of hydrogen-bond acceptors (Lipinski definition) is 6. The Hall–Kier alpha value is -2.32. The van der Waals surface area contributed by atoms with Crippen molar-refractivity contribution < 1.29 is 9.53 Å². The molecule has 0 saturated carbocycles. The number of nitrogens with one attached hydrogen (secondary N) is 1. The second-order valence-electron chi connectivity index (χ2n) is 7.89. The first-order valence-electron chi connectivity index (χ1n) is 10.4. The van der Waals surface area contributed by atoms with E-state index >= 15 is 0 Å². The van der Waals surface area contributed by atoms with Gasteiger partial charge in [-0.3, -0.25) is 9.59 Å². The fraction of sp³-hybridized carbons (Fsp3) is 0.435. The van der Waals surface area contributed by atoms with Gasteiger partial charge in [0.15, 0.2) is 0 Å². The van der Waals surface area contributed by atoms with Crippen LogP contribution in [-0.2, 0) is 10.5 Å². The number of ether oxygens (including phenoxy) is 1. The molecule has 8 heteroatoms. The van der Waals surface area contributed by atoms with Crippen LogP contribution in [0.2, 0.25) is 0 Å². The van der Waals surface area contributed by atoms with E-state index in [9.17, 15) is 9.59 Å². The first kappa shape index (κ1) is 21.9. The number of aromatic amines is 1. The van der Waals surface area contributed by atoms with E-state index in [2.05, 4.69) is 9.97 Å². The zero-order valence-electron chi connectivity index (χ0n) is 18.2. The number of carbonyl (C=O) groups excluding carboxylic acids is 1. The highest BCUT2D eigenvalue weighted by atomic mass is 32.2. The number of methoxy groups -OCH3 is 1. The van der Waals surface area contributed by atoms with E-state index in [-0.39, 0.29) is 22.8 Å². The lowest BCUT2D eigenvalue weighted by molar-refractivity contribution is -0.131. The van der Waals surface area contributed by atoms with Gasteiger partial charge in [0.25, 0.3) is 5.56 Å². The summed E-state index contributed by atoms with van der Waals surface area (Å²) in [6.07, 6.45) is 1.97. The molecule has 1 saturated heterocycles. The summed E-state index contributed by atoms with van der Waals surface area (Å²) in [7, 11) is 1.65. The Morgan fingerprint density at radius 1 is 1.35 bits per heavy atom. The van der Waals surface area contributed by atoms with Crippen LogP contribution in [0.1, 0.15) is 47.6 Å². The average Bonchev–Trinajstić information content (AvgIpc) is 3.36. The Morgan fingerprint density at radius 2 is 2.10 bits per heavy atom. The van der Waals surface area contributed by atoms with E-state index in [1.807, 2.05) is 49.9 Å². The van der Waals surface area contributed by atoms with Crippen LogP contribution in [-0.4, -0.2) is 39.7 Å². The van der Waals surface area contributed by atoms with Crippen molar-refractivity contribution in [2.75, 3.05) is 13.7 Å². The summed E-state index contributed by atoms with van der Waals surface area (Å²) in [6.45, 7) is 6.67. The molecule has 1 aliphatic rings. The molecule has 1 amide bonds. The van der Waals surface area contributed by atoms with Gasteiger partial charge in [-0.1, -0.05) is 12.1 Å². The molecule has 0 bridgehead atoms. The maximum atomic E-state index is 13.2. The summed E-state index contributed by atoms with van der Waals surface area (Å²) in [6, 6.07) is 8.08. The number of likely N-dealkylation sites (tertiary alicyclic amines) is 1. The third kappa shape index (κ3) is 4.36. The second kappa shape index (κ2) is 9.04. The molecule has 31 heavy (non-hydrogen) atoms. The Balaban J connectivity index is 1.44. The quantitative estimate of drug-likeness (QED) is 0.586. The van der Waals surface area contributed by atoms with E-state index in [0.29, 0.717) is 17.0 Å². The minimum Gasteiger partial charge on any atom is -0.497 e. The predicted octanol–water partition coefficient (Wildman–Crippen LogP) is 4.60. The zero-order chi connectivity index (χ0) is 22.1. The van der Waals surface area contributed by atoms with Crippen molar-refractivity contribution in [2.24, 2.45) is 0 Å². The molecular weight excluding hydrogens is 430 g/mol. The number of thioether (sulfide) groups is 1. The highest BCUT2D eigenvalue weighted by Gasteiger charge is 2.32. The molecule has 0 radical (unpaired) electrons.